The number of carbonyl (C=O) groups is 2. The predicted molar refractivity (Wildman–Crippen MR) is 110 cm³/mol. The number of ketones is 1. The number of nitrogens with zero attached hydrogens (tertiary/aromatic N) is 1. The van der Waals surface area contributed by atoms with Crippen molar-refractivity contribution in [2.45, 2.75) is 51.9 Å². The van der Waals surface area contributed by atoms with E-state index in [-0.39, 0.29) is 17.7 Å². The lowest BCUT2D eigenvalue weighted by atomic mass is 9.98. The molecule has 7 nitrogen and oxygen atoms in total. The van der Waals surface area contributed by atoms with Crippen LogP contribution < -0.4 is 10.1 Å². The summed E-state index contributed by atoms with van der Waals surface area (Å²) >= 11 is 0. The highest BCUT2D eigenvalue weighted by Crippen LogP contribution is 2.26. The summed E-state index contributed by atoms with van der Waals surface area (Å²) < 4.78 is 41.3. The Bertz CT molecular complexity index is 1000. The van der Waals surface area contributed by atoms with Gasteiger partial charge in [0.2, 0.25) is 0 Å². The zero-order chi connectivity index (χ0) is 24.3. The van der Waals surface area contributed by atoms with Crippen LogP contribution in [0, 0.1) is 6.92 Å². The number of aromatic hydroxyl groups is 1. The van der Waals surface area contributed by atoms with Gasteiger partial charge in [0.05, 0.1) is 18.0 Å². The Morgan fingerprint density at radius 1 is 1.19 bits per heavy atom. The standard InChI is InChI=1S/C22H25F3N2O5/c1-12-7-14(8-15(26-12)9-19(29)21(3,4)31)13(2)27-20(30)17-6-5-16(10-18(17)28)32-11-22(23,24)25/h5-8,10,13,28,31H,9,11H2,1-4H3,(H,27,30). The van der Waals surface area contributed by atoms with E-state index in [4.69, 9.17) is 0 Å². The van der Waals surface area contributed by atoms with Gasteiger partial charge in [-0.2, -0.15) is 13.2 Å². The van der Waals surface area contributed by atoms with E-state index in [0.29, 0.717) is 17.0 Å². The number of aromatic nitrogens is 1. The number of benzene rings is 1. The first-order valence-corrected chi connectivity index (χ1v) is 9.72. The Hall–Kier alpha value is -3.14. The van der Waals surface area contributed by atoms with Gasteiger partial charge >= 0.3 is 6.18 Å². The van der Waals surface area contributed by atoms with Gasteiger partial charge in [0.15, 0.2) is 12.4 Å². The summed E-state index contributed by atoms with van der Waals surface area (Å²) in [5.41, 5.74) is 0.0469. The van der Waals surface area contributed by atoms with Crippen LogP contribution in [0.5, 0.6) is 11.5 Å². The second-order valence-corrected chi connectivity index (χ2v) is 7.97. The molecule has 0 aliphatic rings. The molecule has 0 bridgehead atoms. The van der Waals surface area contributed by atoms with Crippen LogP contribution in [-0.2, 0) is 11.2 Å². The molecule has 0 spiro atoms. The molecule has 2 aromatic rings. The number of alkyl halides is 3. The maximum absolute atomic E-state index is 12.6. The number of rotatable bonds is 8. The third-order valence-corrected chi connectivity index (χ3v) is 4.52. The third-order valence-electron chi connectivity index (χ3n) is 4.52. The molecule has 1 aromatic carbocycles. The first-order chi connectivity index (χ1) is 14.7. The number of phenols is 1. The minimum atomic E-state index is -4.53. The van der Waals surface area contributed by atoms with Crippen molar-refractivity contribution in [3.8, 4) is 11.5 Å². The number of phenolic OH excluding ortho intramolecular Hbond substituents is 1. The first kappa shape index (κ1) is 25.1. The van der Waals surface area contributed by atoms with Crippen molar-refractivity contribution < 1.29 is 37.7 Å². The normalized spacial score (nSPS) is 12.9. The van der Waals surface area contributed by atoms with E-state index in [1.807, 2.05) is 0 Å². The number of aryl methyl sites for hydroxylation is 1. The average molecular weight is 454 g/mol. The topological polar surface area (TPSA) is 109 Å². The Labute approximate surface area is 183 Å². The minimum Gasteiger partial charge on any atom is -0.507 e. The second-order valence-electron chi connectivity index (χ2n) is 7.97. The number of hydrogen-bond acceptors (Lipinski definition) is 6. The van der Waals surface area contributed by atoms with Gasteiger partial charge in [-0.25, -0.2) is 0 Å². The lowest BCUT2D eigenvalue weighted by Gasteiger charge is -2.18. The van der Waals surface area contributed by atoms with E-state index in [1.54, 1.807) is 26.0 Å². The highest BCUT2D eigenvalue weighted by Gasteiger charge is 2.29. The van der Waals surface area contributed by atoms with Crippen molar-refractivity contribution in [2.24, 2.45) is 0 Å². The van der Waals surface area contributed by atoms with Gasteiger partial charge in [-0.15, -0.1) is 0 Å². The number of ether oxygens (including phenoxy) is 1. The number of halogens is 3. The van der Waals surface area contributed by atoms with Crippen LogP contribution in [0.4, 0.5) is 13.2 Å². The Morgan fingerprint density at radius 2 is 1.84 bits per heavy atom. The number of aliphatic hydroxyl groups is 1. The van der Waals surface area contributed by atoms with Crippen LogP contribution >= 0.6 is 0 Å². The van der Waals surface area contributed by atoms with Crippen LogP contribution in [0.15, 0.2) is 30.3 Å². The fraction of sp³-hybridized carbons (Fsp3) is 0.409. The van der Waals surface area contributed by atoms with E-state index in [0.717, 1.165) is 18.2 Å². The summed E-state index contributed by atoms with van der Waals surface area (Å²) in [5.74, 6) is -1.82. The largest absolute Gasteiger partial charge is 0.507 e. The number of pyridine rings is 1. The molecule has 2 rings (SSSR count). The molecular formula is C22H25F3N2O5. The van der Waals surface area contributed by atoms with E-state index in [2.05, 4.69) is 15.0 Å². The smallest absolute Gasteiger partial charge is 0.422 e. The lowest BCUT2D eigenvalue weighted by molar-refractivity contribution is -0.153. The highest BCUT2D eigenvalue weighted by molar-refractivity contribution is 5.97. The maximum Gasteiger partial charge on any atom is 0.422 e. The van der Waals surface area contributed by atoms with E-state index in [9.17, 15) is 33.0 Å². The number of amides is 1. The second kappa shape index (κ2) is 9.56. The summed E-state index contributed by atoms with van der Waals surface area (Å²) in [6.07, 6.45) is -4.61. The zero-order valence-corrected chi connectivity index (χ0v) is 18.1. The molecule has 3 N–H and O–H groups in total. The monoisotopic (exact) mass is 454 g/mol. The minimum absolute atomic E-state index is 0.0843. The summed E-state index contributed by atoms with van der Waals surface area (Å²) in [6, 6.07) is 6.06. The van der Waals surface area contributed by atoms with E-state index >= 15 is 0 Å². The molecule has 32 heavy (non-hydrogen) atoms. The molecule has 1 unspecified atom stereocenters. The molecule has 0 saturated heterocycles. The number of hydrogen-bond donors (Lipinski definition) is 3. The van der Waals surface area contributed by atoms with Gasteiger partial charge < -0.3 is 20.3 Å². The zero-order valence-electron chi connectivity index (χ0n) is 18.1. The summed E-state index contributed by atoms with van der Waals surface area (Å²) in [4.78, 5) is 28.9. The molecule has 1 amide bonds. The van der Waals surface area contributed by atoms with Crippen molar-refractivity contribution in [2.75, 3.05) is 6.61 Å². The quantitative estimate of drug-likeness (QED) is 0.564. The van der Waals surface area contributed by atoms with E-state index < -0.39 is 41.9 Å². The summed E-state index contributed by atoms with van der Waals surface area (Å²) in [7, 11) is 0. The molecule has 1 heterocycles. The van der Waals surface area contributed by atoms with Crippen molar-refractivity contribution in [1.29, 1.82) is 0 Å². The van der Waals surface area contributed by atoms with Gasteiger partial charge in [-0.05, 0) is 57.5 Å². The van der Waals surface area contributed by atoms with Gasteiger partial charge in [0.1, 0.15) is 17.1 Å². The first-order valence-electron chi connectivity index (χ1n) is 9.72. The Morgan fingerprint density at radius 3 is 2.41 bits per heavy atom. The number of Topliss-reactive ketones (excluding diaryl/α,β-unsaturated/α-hetero) is 1. The molecule has 174 valence electrons. The molecule has 0 saturated carbocycles. The van der Waals surface area contributed by atoms with Crippen molar-refractivity contribution in [3.63, 3.8) is 0 Å². The predicted octanol–water partition coefficient (Wildman–Crippen LogP) is 3.41. The van der Waals surface area contributed by atoms with Crippen LogP contribution in [0.1, 0.15) is 54.1 Å². The summed E-state index contributed by atoms with van der Waals surface area (Å²) in [5, 5.41) is 22.6. The Balaban J connectivity index is 2.13. The SMILES string of the molecule is Cc1cc(C(C)NC(=O)c2ccc(OCC(F)(F)F)cc2O)cc(CC(=O)C(C)(C)O)n1. The molecule has 0 aliphatic carbocycles. The van der Waals surface area contributed by atoms with Gasteiger partial charge in [-0.3, -0.25) is 14.6 Å². The molecule has 0 radical (unpaired) electrons. The number of nitrogens with one attached hydrogen (secondary N) is 1. The van der Waals surface area contributed by atoms with Crippen molar-refractivity contribution >= 4 is 11.7 Å². The highest BCUT2D eigenvalue weighted by atomic mass is 19.4. The Kier molecular flexibility index (Phi) is 7.50. The third kappa shape index (κ3) is 7.23. The van der Waals surface area contributed by atoms with Crippen molar-refractivity contribution in [3.05, 3.63) is 52.8 Å². The van der Waals surface area contributed by atoms with Gasteiger partial charge in [-0.1, -0.05) is 0 Å². The van der Waals surface area contributed by atoms with Crippen LogP contribution in [-0.4, -0.2) is 45.3 Å². The molecule has 10 heteroatoms. The molecule has 0 aliphatic heterocycles. The fourth-order valence-corrected chi connectivity index (χ4v) is 2.80. The molecular weight excluding hydrogens is 429 g/mol. The van der Waals surface area contributed by atoms with Crippen molar-refractivity contribution in [1.82, 2.24) is 10.3 Å². The molecule has 0 fully saturated rings. The van der Waals surface area contributed by atoms with Crippen LogP contribution in [0.3, 0.4) is 0 Å². The van der Waals surface area contributed by atoms with Crippen LogP contribution in [0.25, 0.3) is 0 Å². The molecule has 1 atom stereocenters. The van der Waals surface area contributed by atoms with Gasteiger partial charge in [0, 0.05) is 17.5 Å². The van der Waals surface area contributed by atoms with E-state index in [1.165, 1.54) is 13.8 Å². The maximum atomic E-state index is 12.6. The van der Waals surface area contributed by atoms with Crippen LogP contribution in [0.2, 0.25) is 0 Å². The average Bonchev–Trinajstić information content (AvgIpc) is 2.64. The van der Waals surface area contributed by atoms with Gasteiger partial charge in [0.25, 0.3) is 5.91 Å². The lowest BCUT2D eigenvalue weighted by Crippen LogP contribution is -2.33. The molecule has 1 aromatic heterocycles. The summed E-state index contributed by atoms with van der Waals surface area (Å²) in [6.45, 7) is 4.67. The number of carbonyl (C=O) groups excluding carboxylic acids is 2. The fourth-order valence-electron chi connectivity index (χ4n) is 2.80.